The van der Waals surface area contributed by atoms with Crippen molar-refractivity contribution in [2.24, 2.45) is 0 Å². The molecule has 88 heavy (non-hydrogen) atoms. The molecule has 11 aromatic carbocycles. The van der Waals surface area contributed by atoms with Gasteiger partial charge in [-0.1, -0.05) is 218 Å². The number of nitriles is 1. The van der Waals surface area contributed by atoms with Gasteiger partial charge in [0.2, 0.25) is 0 Å². The molecule has 0 atom stereocenters. The van der Waals surface area contributed by atoms with Gasteiger partial charge in [0.1, 0.15) is 11.6 Å². The molecule has 0 fully saturated rings. The van der Waals surface area contributed by atoms with Crippen LogP contribution in [0, 0.1) is 11.3 Å². The van der Waals surface area contributed by atoms with E-state index in [1.807, 2.05) is 176 Å². The third-order valence-corrected chi connectivity index (χ3v) is 16.1. The first-order valence-corrected chi connectivity index (χ1v) is 29.0. The summed E-state index contributed by atoms with van der Waals surface area (Å²) in [5.41, 5.74) is 14.6. The molecule has 0 aliphatic heterocycles. The zero-order valence-corrected chi connectivity index (χ0v) is 47.1. The molecular formula is C77H47N11. The first-order valence-electron chi connectivity index (χ1n) is 29.0. The van der Waals surface area contributed by atoms with Crippen LogP contribution in [0.2, 0.25) is 0 Å². The lowest BCUT2D eigenvalue weighted by Crippen LogP contribution is -2.06. The molecular weight excluding hydrogens is 1080 g/mol. The highest BCUT2D eigenvalue weighted by Crippen LogP contribution is 2.42. The van der Waals surface area contributed by atoms with Crippen molar-refractivity contribution in [2.75, 3.05) is 0 Å². The molecule has 0 unspecified atom stereocenters. The number of rotatable bonds is 11. The maximum atomic E-state index is 12.0. The van der Waals surface area contributed by atoms with Gasteiger partial charge in [0.25, 0.3) is 0 Å². The van der Waals surface area contributed by atoms with E-state index in [4.69, 9.17) is 39.9 Å². The maximum Gasteiger partial charge on any atom is 0.164 e. The minimum absolute atomic E-state index is 0.444. The average Bonchev–Trinajstić information content (AvgIpc) is 1.77. The first-order chi connectivity index (χ1) is 43.6. The summed E-state index contributed by atoms with van der Waals surface area (Å²) in [6, 6.07) is 98.7. The highest BCUT2D eigenvalue weighted by Gasteiger charge is 2.26. The Morgan fingerprint density at radius 2 is 0.511 bits per heavy atom. The topological polar surface area (TPSA) is 137 Å². The summed E-state index contributed by atoms with van der Waals surface area (Å²) < 4.78 is 4.41. The highest BCUT2D eigenvalue weighted by atomic mass is 15.1. The smallest absolute Gasteiger partial charge is 0.164 e. The standard InChI is InChI=1S/C77H47N11/c78-48-62-69(87-65-37-21-19-35-58(65)60-43-55(39-41-67(60)87)75-83-71(51-27-11-3-12-28-51)81-72(84-75)52-29-13-4-14-30-52)45-57(77-79-63(49-23-7-1-8-24-49)47-64(80-77)50-25-9-2-10-26-50)46-70(62)88-66-38-22-20-36-59(66)61-44-56(40-42-68(61)88)76-85-73(53-31-15-5-16-32-53)82-74(86-76)54-33-17-6-18-34-54/h1-47H. The summed E-state index contributed by atoms with van der Waals surface area (Å²) in [4.78, 5) is 41.3. The zero-order valence-electron chi connectivity index (χ0n) is 47.1. The van der Waals surface area contributed by atoms with Crippen molar-refractivity contribution < 1.29 is 0 Å². The van der Waals surface area contributed by atoms with Gasteiger partial charge >= 0.3 is 0 Å². The predicted molar refractivity (Wildman–Crippen MR) is 351 cm³/mol. The van der Waals surface area contributed by atoms with Crippen LogP contribution in [0.5, 0.6) is 0 Å². The van der Waals surface area contributed by atoms with Crippen LogP contribution in [0.1, 0.15) is 5.56 Å². The summed E-state index contributed by atoms with van der Waals surface area (Å²) in [5, 5.41) is 15.9. The van der Waals surface area contributed by atoms with Gasteiger partial charge in [-0.3, -0.25) is 0 Å². The second-order valence-electron chi connectivity index (χ2n) is 21.4. The van der Waals surface area contributed by atoms with Crippen molar-refractivity contribution in [2.45, 2.75) is 0 Å². The summed E-state index contributed by atoms with van der Waals surface area (Å²) >= 11 is 0. The van der Waals surface area contributed by atoms with Crippen LogP contribution in [0.3, 0.4) is 0 Å². The molecule has 0 spiro atoms. The molecule has 11 nitrogen and oxygen atoms in total. The van der Waals surface area contributed by atoms with Crippen LogP contribution in [0.15, 0.2) is 285 Å². The van der Waals surface area contributed by atoms with E-state index in [0.29, 0.717) is 63.3 Å². The van der Waals surface area contributed by atoms with Gasteiger partial charge in [0.15, 0.2) is 40.8 Å². The fraction of sp³-hybridized carbons (Fsp3) is 0. The van der Waals surface area contributed by atoms with Crippen LogP contribution in [-0.2, 0) is 0 Å². The Hall–Kier alpha value is -12.4. The van der Waals surface area contributed by atoms with Gasteiger partial charge < -0.3 is 9.13 Å². The molecule has 0 saturated heterocycles. The minimum Gasteiger partial charge on any atom is -0.308 e. The number of hydrogen-bond donors (Lipinski definition) is 0. The van der Waals surface area contributed by atoms with E-state index in [2.05, 4.69) is 124 Å². The molecule has 5 heterocycles. The largest absolute Gasteiger partial charge is 0.308 e. The molecule has 0 aliphatic carbocycles. The van der Waals surface area contributed by atoms with E-state index in [1.54, 1.807) is 0 Å². The molecule has 0 bridgehead atoms. The fourth-order valence-electron chi connectivity index (χ4n) is 11.9. The van der Waals surface area contributed by atoms with Crippen LogP contribution < -0.4 is 0 Å². The molecule has 5 aromatic heterocycles. The number of aromatic nitrogens is 10. The second-order valence-corrected chi connectivity index (χ2v) is 21.4. The Kier molecular flexibility index (Phi) is 12.6. The van der Waals surface area contributed by atoms with E-state index in [9.17, 15) is 5.26 Å². The number of para-hydroxylation sites is 2. The van der Waals surface area contributed by atoms with Crippen LogP contribution in [0.4, 0.5) is 0 Å². The molecule has 0 N–H and O–H groups in total. The molecule has 0 aliphatic rings. The Balaban J connectivity index is 0.946. The maximum absolute atomic E-state index is 12.0. The van der Waals surface area contributed by atoms with Crippen molar-refractivity contribution in [3.05, 3.63) is 291 Å². The Morgan fingerprint density at radius 3 is 0.852 bits per heavy atom. The van der Waals surface area contributed by atoms with Crippen molar-refractivity contribution in [3.8, 4) is 120 Å². The molecule has 0 saturated carbocycles. The summed E-state index contributed by atoms with van der Waals surface area (Å²) in [6.07, 6.45) is 0. The Bertz CT molecular complexity index is 4940. The van der Waals surface area contributed by atoms with E-state index in [-0.39, 0.29) is 0 Å². The van der Waals surface area contributed by atoms with Gasteiger partial charge in [-0.2, -0.15) is 5.26 Å². The van der Waals surface area contributed by atoms with E-state index in [0.717, 1.165) is 99.5 Å². The minimum atomic E-state index is 0.444. The summed E-state index contributed by atoms with van der Waals surface area (Å²) in [5.74, 6) is 3.87. The lowest BCUT2D eigenvalue weighted by atomic mass is 10.0. The number of hydrogen-bond acceptors (Lipinski definition) is 9. The van der Waals surface area contributed by atoms with Crippen LogP contribution in [0.25, 0.3) is 157 Å². The third kappa shape index (κ3) is 9.18. The number of benzene rings is 11. The Labute approximate surface area is 505 Å². The van der Waals surface area contributed by atoms with Crippen molar-refractivity contribution >= 4 is 43.6 Å². The average molecular weight is 1130 g/mol. The first kappa shape index (κ1) is 51.3. The van der Waals surface area contributed by atoms with Gasteiger partial charge in [-0.15, -0.1) is 0 Å². The van der Waals surface area contributed by atoms with Crippen molar-refractivity contribution in [1.82, 2.24) is 49.0 Å². The van der Waals surface area contributed by atoms with Gasteiger partial charge in [0, 0.05) is 71.6 Å². The van der Waals surface area contributed by atoms with Crippen molar-refractivity contribution in [1.29, 1.82) is 5.26 Å². The van der Waals surface area contributed by atoms with Crippen LogP contribution >= 0.6 is 0 Å². The lowest BCUT2D eigenvalue weighted by Gasteiger charge is -2.18. The molecule has 0 amide bonds. The summed E-state index contributed by atoms with van der Waals surface area (Å²) in [6.45, 7) is 0. The van der Waals surface area contributed by atoms with Crippen molar-refractivity contribution in [3.63, 3.8) is 0 Å². The quantitative estimate of drug-likeness (QED) is 0.124. The molecule has 16 aromatic rings. The molecule has 11 heteroatoms. The summed E-state index contributed by atoms with van der Waals surface area (Å²) in [7, 11) is 0. The Morgan fingerprint density at radius 1 is 0.227 bits per heavy atom. The predicted octanol–water partition coefficient (Wildman–Crippen LogP) is 17.9. The van der Waals surface area contributed by atoms with E-state index in [1.165, 1.54) is 0 Å². The lowest BCUT2D eigenvalue weighted by molar-refractivity contribution is 1.07. The second kappa shape index (κ2) is 21.7. The number of fused-ring (bicyclic) bond motifs is 6. The SMILES string of the molecule is N#Cc1c(-n2c3ccccc3c3cc(-c4nc(-c5ccccc5)nc(-c5ccccc5)n4)ccc32)cc(-c2nc(-c3ccccc3)cc(-c3ccccc3)n2)cc1-n1c2ccccc2c2cc(-c3nc(-c4ccccc4)nc(-c4ccccc4)n3)ccc21. The zero-order chi connectivity index (χ0) is 58.5. The highest BCUT2D eigenvalue weighted by molar-refractivity contribution is 6.12. The van der Waals surface area contributed by atoms with Crippen LogP contribution in [-0.4, -0.2) is 49.0 Å². The molecule has 410 valence electrons. The molecule has 16 rings (SSSR count). The van der Waals surface area contributed by atoms with Gasteiger partial charge in [-0.05, 0) is 66.7 Å². The fourth-order valence-corrected chi connectivity index (χ4v) is 11.9. The van der Waals surface area contributed by atoms with E-state index >= 15 is 0 Å². The molecule has 0 radical (unpaired) electrons. The van der Waals surface area contributed by atoms with E-state index < -0.39 is 0 Å². The third-order valence-electron chi connectivity index (χ3n) is 16.1. The normalized spacial score (nSPS) is 11.4. The van der Waals surface area contributed by atoms with Gasteiger partial charge in [0.05, 0.1) is 44.8 Å². The van der Waals surface area contributed by atoms with Gasteiger partial charge in [-0.25, -0.2) is 39.9 Å². The number of nitrogens with zero attached hydrogens (tertiary/aromatic N) is 11. The monoisotopic (exact) mass is 1130 g/mol.